The van der Waals surface area contributed by atoms with Gasteiger partial charge in [-0.3, -0.25) is 0 Å². The fourth-order valence-electron chi connectivity index (χ4n) is 1.54. The van der Waals surface area contributed by atoms with Crippen LogP contribution in [0.25, 0.3) is 10.4 Å². The predicted octanol–water partition coefficient (Wildman–Crippen LogP) is 2.59. The smallest absolute Gasteiger partial charge is 0.116 e. The molecule has 0 spiro atoms. The molecule has 0 aromatic carbocycles. The highest BCUT2D eigenvalue weighted by atomic mass is 18.2. The lowest BCUT2D eigenvalue weighted by Crippen LogP contribution is -2.12. The van der Waals surface area contributed by atoms with Crippen LogP contribution >= 0.6 is 0 Å². The van der Waals surface area contributed by atoms with Crippen molar-refractivity contribution in [3.8, 4) is 0 Å². The summed E-state index contributed by atoms with van der Waals surface area (Å²) in [6, 6.07) is 0. The van der Waals surface area contributed by atoms with E-state index in [1.165, 1.54) is 0 Å². The molecule has 4 nitrogen and oxygen atoms in total. The molecule has 0 amide bonds. The Labute approximate surface area is 76.7 Å². The molecule has 0 radical (unpaired) electrons. The van der Waals surface area contributed by atoms with Crippen molar-refractivity contribution < 1.29 is 9.13 Å². The summed E-state index contributed by atoms with van der Waals surface area (Å²) in [6.45, 7) is 0.128. The maximum Gasteiger partial charge on any atom is 0.116 e. The van der Waals surface area contributed by atoms with Gasteiger partial charge in [-0.1, -0.05) is 5.11 Å². The zero-order valence-corrected chi connectivity index (χ0v) is 7.53. The first-order valence-corrected chi connectivity index (χ1v) is 4.59. The second-order valence-electron chi connectivity index (χ2n) is 3.21. The quantitative estimate of drug-likeness (QED) is 0.282. The van der Waals surface area contributed by atoms with Gasteiger partial charge >= 0.3 is 0 Å². The molecule has 1 aliphatic rings. The molecule has 2 unspecified atom stereocenters. The Morgan fingerprint density at radius 3 is 2.85 bits per heavy atom. The Balaban J connectivity index is 2.06. The average molecular weight is 186 g/mol. The van der Waals surface area contributed by atoms with Gasteiger partial charge in [0.2, 0.25) is 0 Å². The normalized spacial score (nSPS) is 27.2. The maximum atomic E-state index is 12.1. The molecular formula is C8H14FN3O. The summed E-state index contributed by atoms with van der Waals surface area (Å²) < 4.78 is 17.5. The van der Waals surface area contributed by atoms with Gasteiger partial charge < -0.3 is 4.74 Å². The number of hydrogen-bond acceptors (Lipinski definition) is 2. The second kappa shape index (κ2) is 5.78. The highest BCUT2D eigenvalue weighted by Gasteiger charge is 2.24. The maximum absolute atomic E-state index is 12.1. The van der Waals surface area contributed by atoms with Crippen LogP contribution in [0.1, 0.15) is 25.7 Å². The van der Waals surface area contributed by atoms with E-state index in [1.54, 1.807) is 0 Å². The number of halogens is 1. The molecule has 0 aromatic heterocycles. The van der Waals surface area contributed by atoms with Gasteiger partial charge in [-0.2, -0.15) is 0 Å². The highest BCUT2D eigenvalue weighted by molar-refractivity contribution is 4.73. The van der Waals surface area contributed by atoms with Crippen molar-refractivity contribution in [2.24, 2.45) is 5.11 Å². The summed E-state index contributed by atoms with van der Waals surface area (Å²) in [4.78, 5) is 2.66. The van der Waals surface area contributed by atoms with E-state index < -0.39 is 0 Å². The van der Waals surface area contributed by atoms with Crippen LogP contribution in [0.3, 0.4) is 0 Å². The van der Waals surface area contributed by atoms with Gasteiger partial charge in [-0.25, -0.2) is 4.39 Å². The molecule has 1 saturated heterocycles. The van der Waals surface area contributed by atoms with E-state index in [-0.39, 0.29) is 18.9 Å². The van der Waals surface area contributed by atoms with Crippen molar-refractivity contribution in [1.82, 2.24) is 0 Å². The van der Waals surface area contributed by atoms with Crippen LogP contribution in [0, 0.1) is 0 Å². The molecule has 0 aliphatic carbocycles. The Morgan fingerprint density at radius 1 is 1.46 bits per heavy atom. The molecule has 5 heteroatoms. The summed E-state index contributed by atoms with van der Waals surface area (Å²) in [6.07, 6.45) is 3.44. The summed E-state index contributed by atoms with van der Waals surface area (Å²) >= 11 is 0. The van der Waals surface area contributed by atoms with Gasteiger partial charge in [-0.15, -0.1) is 0 Å². The molecule has 1 aliphatic heterocycles. The van der Waals surface area contributed by atoms with Gasteiger partial charge in [0.25, 0.3) is 0 Å². The first-order chi connectivity index (χ1) is 6.36. The van der Waals surface area contributed by atoms with Crippen LogP contribution < -0.4 is 0 Å². The molecular weight excluding hydrogens is 172 g/mol. The lowest BCUT2D eigenvalue weighted by Gasteiger charge is -2.09. The molecule has 0 aromatic rings. The minimum atomic E-state index is -0.382. The van der Waals surface area contributed by atoms with Crippen LogP contribution in [-0.4, -0.2) is 25.4 Å². The van der Waals surface area contributed by atoms with Crippen LogP contribution in [0.5, 0.6) is 0 Å². The van der Waals surface area contributed by atoms with Crippen molar-refractivity contribution in [1.29, 1.82) is 0 Å². The third-order valence-corrected chi connectivity index (χ3v) is 2.22. The van der Waals surface area contributed by atoms with Gasteiger partial charge in [0, 0.05) is 11.5 Å². The number of nitrogens with zero attached hydrogens (tertiary/aromatic N) is 3. The Hall–Kier alpha value is -0.800. The zero-order valence-electron chi connectivity index (χ0n) is 7.53. The molecule has 2 atom stereocenters. The van der Waals surface area contributed by atoms with Crippen molar-refractivity contribution >= 4 is 0 Å². The van der Waals surface area contributed by atoms with Gasteiger partial charge in [0.15, 0.2) is 0 Å². The minimum absolute atomic E-state index is 0.176. The molecule has 13 heavy (non-hydrogen) atoms. The molecule has 74 valence electrons. The Morgan fingerprint density at radius 2 is 2.23 bits per heavy atom. The largest absolute Gasteiger partial charge is 0.372 e. The van der Waals surface area contributed by atoms with Crippen molar-refractivity contribution in [2.45, 2.75) is 37.9 Å². The molecule has 0 N–H and O–H groups in total. The van der Waals surface area contributed by atoms with E-state index in [2.05, 4.69) is 10.0 Å². The highest BCUT2D eigenvalue weighted by Crippen LogP contribution is 2.23. The van der Waals surface area contributed by atoms with Crippen LogP contribution in [-0.2, 0) is 4.74 Å². The van der Waals surface area contributed by atoms with E-state index >= 15 is 0 Å². The SMILES string of the molecule is [N-]=[N+]=NCCCC1CCC(C[18F])O1. The minimum Gasteiger partial charge on any atom is -0.372 e. The molecule has 1 heterocycles. The monoisotopic (exact) mass is 186 g/mol. The van der Waals surface area contributed by atoms with Gasteiger partial charge in [0.1, 0.15) is 6.67 Å². The van der Waals surface area contributed by atoms with Crippen molar-refractivity contribution in [2.75, 3.05) is 13.2 Å². The summed E-state index contributed by atoms with van der Waals surface area (Å²) in [7, 11) is 0. The molecule has 1 rings (SSSR count). The van der Waals surface area contributed by atoms with E-state index in [4.69, 9.17) is 10.3 Å². The molecule has 0 bridgehead atoms. The molecule has 0 saturated carbocycles. The van der Waals surface area contributed by atoms with Crippen LogP contribution in [0.2, 0.25) is 0 Å². The standard InChI is InChI=1S/C8H14FN3O/c9-6-8-4-3-7(13-8)2-1-5-11-12-10/h7-8H,1-6H2/i9-1. The number of azide groups is 1. The summed E-state index contributed by atoms with van der Waals surface area (Å²) in [5, 5.41) is 3.42. The summed E-state index contributed by atoms with van der Waals surface area (Å²) in [5.41, 5.74) is 8.02. The summed E-state index contributed by atoms with van der Waals surface area (Å²) in [5.74, 6) is 0. The Kier molecular flexibility index (Phi) is 4.57. The fraction of sp³-hybridized carbons (Fsp3) is 1.00. The van der Waals surface area contributed by atoms with Crippen molar-refractivity contribution in [3.63, 3.8) is 0 Å². The number of hydrogen-bond donors (Lipinski definition) is 0. The van der Waals surface area contributed by atoms with E-state index in [1.807, 2.05) is 0 Å². The third-order valence-electron chi connectivity index (χ3n) is 2.22. The lowest BCUT2D eigenvalue weighted by molar-refractivity contribution is 0.0266. The Bertz CT molecular complexity index is 194. The van der Waals surface area contributed by atoms with Gasteiger partial charge in [-0.05, 0) is 31.2 Å². The third kappa shape index (κ3) is 3.61. The molecule has 1 fully saturated rings. The zero-order chi connectivity index (χ0) is 9.52. The number of alkyl halides is 1. The topological polar surface area (TPSA) is 58.0 Å². The van der Waals surface area contributed by atoms with E-state index in [0.717, 1.165) is 25.7 Å². The van der Waals surface area contributed by atoms with Crippen LogP contribution in [0.4, 0.5) is 4.39 Å². The van der Waals surface area contributed by atoms with Crippen molar-refractivity contribution in [3.05, 3.63) is 10.4 Å². The van der Waals surface area contributed by atoms with E-state index in [9.17, 15) is 4.39 Å². The lowest BCUT2D eigenvalue weighted by atomic mass is 10.1. The average Bonchev–Trinajstić information content (AvgIpc) is 2.60. The van der Waals surface area contributed by atoms with Gasteiger partial charge in [0.05, 0.1) is 12.2 Å². The second-order valence-corrected chi connectivity index (χ2v) is 3.21. The number of ether oxygens (including phenoxy) is 1. The van der Waals surface area contributed by atoms with E-state index in [0.29, 0.717) is 6.54 Å². The first-order valence-electron chi connectivity index (χ1n) is 4.59. The first kappa shape index (κ1) is 10.3. The fourth-order valence-corrected chi connectivity index (χ4v) is 1.54. The number of rotatable bonds is 5. The predicted molar refractivity (Wildman–Crippen MR) is 47.1 cm³/mol. The van der Waals surface area contributed by atoms with Crippen LogP contribution in [0.15, 0.2) is 5.11 Å².